The molecule has 0 atom stereocenters. The molecule has 1 amide bonds. The quantitative estimate of drug-likeness (QED) is 0.496. The normalized spacial score (nSPS) is 10.9. The Morgan fingerprint density at radius 1 is 0.966 bits per heavy atom. The van der Waals surface area contributed by atoms with Gasteiger partial charge in [0.15, 0.2) is 16.6 Å². The van der Waals surface area contributed by atoms with Crippen LogP contribution in [0.15, 0.2) is 72.4 Å². The van der Waals surface area contributed by atoms with Gasteiger partial charge in [0.2, 0.25) is 0 Å². The molecule has 8 nitrogen and oxygen atoms in total. The number of nitrogens with zero attached hydrogens (tertiary/aromatic N) is 6. The van der Waals surface area contributed by atoms with E-state index >= 15 is 0 Å². The number of rotatable bonds is 4. The number of carbonyl (C=O) groups excluding carboxylic acids is 1. The van der Waals surface area contributed by atoms with Crippen molar-refractivity contribution < 1.29 is 4.79 Å². The van der Waals surface area contributed by atoms with Crippen LogP contribution >= 0.6 is 11.3 Å². The Morgan fingerprint density at radius 2 is 1.86 bits per heavy atom. The van der Waals surface area contributed by atoms with Gasteiger partial charge in [-0.25, -0.2) is 15.0 Å². The summed E-state index contributed by atoms with van der Waals surface area (Å²) in [5.41, 5.74) is 2.62. The Hall–Kier alpha value is -3.98. The van der Waals surface area contributed by atoms with E-state index in [1.54, 1.807) is 18.3 Å². The van der Waals surface area contributed by atoms with Crippen molar-refractivity contribution in [2.45, 2.75) is 0 Å². The fourth-order valence-electron chi connectivity index (χ4n) is 2.86. The first-order valence-electron chi connectivity index (χ1n) is 8.73. The van der Waals surface area contributed by atoms with Crippen LogP contribution in [0.2, 0.25) is 0 Å². The number of anilines is 1. The van der Waals surface area contributed by atoms with Gasteiger partial charge in [0.25, 0.3) is 5.91 Å². The van der Waals surface area contributed by atoms with Crippen LogP contribution in [-0.2, 0) is 0 Å². The lowest BCUT2D eigenvalue weighted by Gasteiger charge is -2.04. The molecule has 5 aromatic rings. The van der Waals surface area contributed by atoms with Gasteiger partial charge in [-0.05, 0) is 24.3 Å². The molecule has 0 aliphatic rings. The maximum atomic E-state index is 12.7. The smallest absolute Gasteiger partial charge is 0.277 e. The molecule has 0 bridgehead atoms. The van der Waals surface area contributed by atoms with E-state index in [1.165, 1.54) is 22.2 Å². The first-order valence-corrected chi connectivity index (χ1v) is 9.61. The topological polar surface area (TPSA) is 98.5 Å². The standard InChI is InChI=1S/C20H13N7OS/c28-19(17-11-22-26-27(17)18-7-3-4-10-21-18)25-20-24-16(12-29-20)15-9-8-13-5-1-2-6-14(13)23-15/h1-12H,(H,24,25,28). The number of para-hydroxylation sites is 1. The van der Waals surface area contributed by atoms with Crippen LogP contribution in [0.3, 0.4) is 0 Å². The highest BCUT2D eigenvalue weighted by Gasteiger charge is 2.17. The third kappa shape index (κ3) is 3.34. The van der Waals surface area contributed by atoms with E-state index in [1.807, 2.05) is 47.8 Å². The molecule has 5 rings (SSSR count). The second-order valence-corrected chi connectivity index (χ2v) is 6.96. The molecular formula is C20H13N7OS. The molecule has 4 heterocycles. The average Bonchev–Trinajstić information content (AvgIpc) is 3.44. The third-order valence-corrected chi connectivity index (χ3v) is 4.99. The lowest BCUT2D eigenvalue weighted by molar-refractivity contribution is 0.101. The molecule has 0 saturated carbocycles. The van der Waals surface area contributed by atoms with Gasteiger partial charge in [-0.2, -0.15) is 4.68 Å². The number of amides is 1. The number of thiazole rings is 1. The lowest BCUT2D eigenvalue weighted by Crippen LogP contribution is -2.17. The maximum Gasteiger partial charge on any atom is 0.277 e. The molecule has 1 aromatic carbocycles. The summed E-state index contributed by atoms with van der Waals surface area (Å²) in [4.78, 5) is 26.0. The molecule has 9 heteroatoms. The molecule has 0 aliphatic carbocycles. The number of pyridine rings is 2. The number of hydrogen-bond acceptors (Lipinski definition) is 7. The maximum absolute atomic E-state index is 12.7. The minimum absolute atomic E-state index is 0.268. The molecule has 0 aliphatic heterocycles. The first kappa shape index (κ1) is 17.1. The number of fused-ring (bicyclic) bond motifs is 1. The Balaban J connectivity index is 1.39. The number of hydrogen-bond donors (Lipinski definition) is 1. The fourth-order valence-corrected chi connectivity index (χ4v) is 3.56. The molecular weight excluding hydrogens is 386 g/mol. The van der Waals surface area contributed by atoms with Crippen LogP contribution in [0, 0.1) is 0 Å². The Morgan fingerprint density at radius 3 is 2.76 bits per heavy atom. The van der Waals surface area contributed by atoms with Crippen molar-refractivity contribution in [2.24, 2.45) is 0 Å². The number of nitrogens with one attached hydrogen (secondary N) is 1. The zero-order chi connectivity index (χ0) is 19.6. The summed E-state index contributed by atoms with van der Waals surface area (Å²) >= 11 is 1.33. The summed E-state index contributed by atoms with van der Waals surface area (Å²) in [7, 11) is 0. The van der Waals surface area contributed by atoms with Gasteiger partial charge < -0.3 is 0 Å². The Kier molecular flexibility index (Phi) is 4.26. The highest BCUT2D eigenvalue weighted by molar-refractivity contribution is 7.14. The monoisotopic (exact) mass is 399 g/mol. The van der Waals surface area contributed by atoms with Crippen LogP contribution < -0.4 is 5.32 Å². The molecule has 0 unspecified atom stereocenters. The number of carbonyl (C=O) groups is 1. The van der Waals surface area contributed by atoms with Crippen LogP contribution in [0.25, 0.3) is 28.1 Å². The predicted octanol–water partition coefficient (Wildman–Crippen LogP) is 3.59. The largest absolute Gasteiger partial charge is 0.296 e. The van der Waals surface area contributed by atoms with Gasteiger partial charge in [-0.1, -0.05) is 35.5 Å². The van der Waals surface area contributed by atoms with E-state index in [2.05, 4.69) is 30.6 Å². The first-order chi connectivity index (χ1) is 14.3. The molecule has 1 N–H and O–H groups in total. The van der Waals surface area contributed by atoms with Gasteiger partial charge in [0.1, 0.15) is 5.69 Å². The van der Waals surface area contributed by atoms with Crippen LogP contribution in [0.4, 0.5) is 5.13 Å². The van der Waals surface area contributed by atoms with Crippen molar-refractivity contribution in [3.8, 4) is 17.2 Å². The summed E-state index contributed by atoms with van der Waals surface area (Å²) < 4.78 is 1.38. The van der Waals surface area contributed by atoms with Crippen molar-refractivity contribution in [1.82, 2.24) is 29.9 Å². The summed E-state index contributed by atoms with van der Waals surface area (Å²) in [6.45, 7) is 0. The van der Waals surface area contributed by atoms with Crippen LogP contribution in [0.5, 0.6) is 0 Å². The third-order valence-electron chi connectivity index (χ3n) is 4.23. The van der Waals surface area contributed by atoms with Gasteiger partial charge in [-0.15, -0.1) is 16.4 Å². The summed E-state index contributed by atoms with van der Waals surface area (Å²) in [5.74, 6) is 0.142. The summed E-state index contributed by atoms with van der Waals surface area (Å²) in [6.07, 6.45) is 3.02. The van der Waals surface area contributed by atoms with E-state index in [0.29, 0.717) is 16.6 Å². The van der Waals surface area contributed by atoms with Crippen molar-refractivity contribution in [1.29, 1.82) is 0 Å². The Bertz CT molecular complexity index is 1310. The van der Waals surface area contributed by atoms with Crippen molar-refractivity contribution >= 4 is 33.3 Å². The van der Waals surface area contributed by atoms with E-state index in [4.69, 9.17) is 0 Å². The van der Waals surface area contributed by atoms with Gasteiger partial charge >= 0.3 is 0 Å². The molecule has 29 heavy (non-hydrogen) atoms. The lowest BCUT2D eigenvalue weighted by atomic mass is 10.2. The SMILES string of the molecule is O=C(Nc1nc(-c2ccc3ccccc3n2)cs1)c1cnnn1-c1ccccn1. The summed E-state index contributed by atoms with van der Waals surface area (Å²) in [5, 5.41) is 14.0. The molecule has 4 aromatic heterocycles. The van der Waals surface area contributed by atoms with Gasteiger partial charge in [0, 0.05) is 17.0 Å². The molecule has 0 spiro atoms. The second kappa shape index (κ2) is 7.21. The summed E-state index contributed by atoms with van der Waals surface area (Å²) in [6, 6.07) is 17.2. The zero-order valence-electron chi connectivity index (χ0n) is 14.9. The molecule has 0 fully saturated rings. The van der Waals surface area contributed by atoms with E-state index < -0.39 is 0 Å². The highest BCUT2D eigenvalue weighted by Crippen LogP contribution is 2.25. The van der Waals surface area contributed by atoms with E-state index in [9.17, 15) is 4.79 Å². The van der Waals surface area contributed by atoms with Crippen LogP contribution in [-0.4, -0.2) is 35.9 Å². The van der Waals surface area contributed by atoms with E-state index in [-0.39, 0.29) is 11.6 Å². The molecule has 140 valence electrons. The predicted molar refractivity (Wildman–Crippen MR) is 110 cm³/mol. The van der Waals surface area contributed by atoms with E-state index in [0.717, 1.165) is 16.6 Å². The average molecular weight is 399 g/mol. The fraction of sp³-hybridized carbons (Fsp3) is 0. The number of benzene rings is 1. The van der Waals surface area contributed by atoms with Crippen molar-refractivity contribution in [2.75, 3.05) is 5.32 Å². The Labute approximate surface area is 168 Å². The second-order valence-electron chi connectivity index (χ2n) is 6.10. The number of aromatic nitrogens is 6. The van der Waals surface area contributed by atoms with Gasteiger partial charge in [0.05, 0.1) is 17.4 Å². The van der Waals surface area contributed by atoms with Crippen LogP contribution in [0.1, 0.15) is 10.5 Å². The molecule has 0 radical (unpaired) electrons. The molecule has 0 saturated heterocycles. The minimum Gasteiger partial charge on any atom is -0.296 e. The van der Waals surface area contributed by atoms with Crippen molar-refractivity contribution in [3.05, 3.63) is 78.1 Å². The zero-order valence-corrected chi connectivity index (χ0v) is 15.7. The van der Waals surface area contributed by atoms with Crippen molar-refractivity contribution in [3.63, 3.8) is 0 Å². The minimum atomic E-state index is -0.368. The van der Waals surface area contributed by atoms with Gasteiger partial charge in [-0.3, -0.25) is 10.1 Å². The highest BCUT2D eigenvalue weighted by atomic mass is 32.1.